The maximum absolute atomic E-state index is 9.22. The smallest absolute Gasteiger partial charge is 0.160 e. The molecule has 0 unspecified atom stereocenters. The largest absolute Gasteiger partial charge is 0.493 e. The van der Waals surface area contributed by atoms with Crippen molar-refractivity contribution in [2.75, 3.05) is 14.2 Å². The van der Waals surface area contributed by atoms with Gasteiger partial charge in [0.05, 0.1) is 20.3 Å². The molecule has 1 rings (SSSR count). The third-order valence-electron chi connectivity index (χ3n) is 1.98. The lowest BCUT2D eigenvalue weighted by atomic mass is 10.1. The summed E-state index contributed by atoms with van der Waals surface area (Å²) >= 11 is 0. The Bertz CT molecular complexity index is 295. The molecule has 0 aliphatic heterocycles. The van der Waals surface area contributed by atoms with Crippen LogP contribution in [0.5, 0.6) is 11.5 Å². The fraction of sp³-hybridized carbons (Fsp3) is 0.455. The van der Waals surface area contributed by atoms with Crippen molar-refractivity contribution in [2.24, 2.45) is 0 Å². The second-order valence-electron chi connectivity index (χ2n) is 3.24. The van der Waals surface area contributed by atoms with Crippen LogP contribution >= 0.6 is 0 Å². The third-order valence-corrected chi connectivity index (χ3v) is 1.98. The fourth-order valence-corrected chi connectivity index (χ4v) is 1.35. The summed E-state index contributed by atoms with van der Waals surface area (Å²) in [5, 5.41) is 9.22. The molecule has 0 radical (unpaired) electrons. The number of aliphatic hydroxyl groups excluding tert-OH is 1. The molecule has 1 atom stereocenters. The predicted molar refractivity (Wildman–Crippen MR) is 54.9 cm³/mol. The van der Waals surface area contributed by atoms with E-state index in [1.807, 2.05) is 18.2 Å². The van der Waals surface area contributed by atoms with Crippen LogP contribution in [0, 0.1) is 0 Å². The first-order valence-electron chi connectivity index (χ1n) is 4.56. The minimum absolute atomic E-state index is 0.340. The summed E-state index contributed by atoms with van der Waals surface area (Å²) in [4.78, 5) is 0. The first-order chi connectivity index (χ1) is 6.67. The molecule has 1 aromatic carbocycles. The Balaban J connectivity index is 2.89. The minimum Gasteiger partial charge on any atom is -0.493 e. The predicted octanol–water partition coefficient (Wildman–Crippen LogP) is 1.63. The average molecular weight is 196 g/mol. The Labute approximate surface area is 84.3 Å². The first-order valence-corrected chi connectivity index (χ1v) is 4.56. The number of aliphatic hydroxyl groups is 1. The van der Waals surface area contributed by atoms with Crippen molar-refractivity contribution in [1.29, 1.82) is 0 Å². The van der Waals surface area contributed by atoms with Gasteiger partial charge in [-0.25, -0.2) is 0 Å². The van der Waals surface area contributed by atoms with E-state index in [0.29, 0.717) is 17.9 Å². The Kier molecular flexibility index (Phi) is 3.77. The maximum atomic E-state index is 9.22. The molecule has 0 aliphatic carbocycles. The van der Waals surface area contributed by atoms with Gasteiger partial charge in [0.1, 0.15) is 0 Å². The highest BCUT2D eigenvalue weighted by atomic mass is 16.5. The molecular weight excluding hydrogens is 180 g/mol. The second kappa shape index (κ2) is 4.86. The Morgan fingerprint density at radius 1 is 1.21 bits per heavy atom. The summed E-state index contributed by atoms with van der Waals surface area (Å²) < 4.78 is 10.3. The van der Waals surface area contributed by atoms with Crippen LogP contribution in [0.25, 0.3) is 0 Å². The lowest BCUT2D eigenvalue weighted by molar-refractivity contribution is 0.195. The molecule has 0 amide bonds. The van der Waals surface area contributed by atoms with E-state index in [4.69, 9.17) is 9.47 Å². The highest BCUT2D eigenvalue weighted by Crippen LogP contribution is 2.27. The van der Waals surface area contributed by atoms with Crippen molar-refractivity contribution in [3.05, 3.63) is 23.8 Å². The SMILES string of the molecule is COc1ccc(C[C@H](C)O)cc1OC. The monoisotopic (exact) mass is 196 g/mol. The number of benzene rings is 1. The van der Waals surface area contributed by atoms with Gasteiger partial charge >= 0.3 is 0 Å². The Hall–Kier alpha value is -1.22. The topological polar surface area (TPSA) is 38.7 Å². The summed E-state index contributed by atoms with van der Waals surface area (Å²) in [5.74, 6) is 1.41. The van der Waals surface area contributed by atoms with E-state index in [-0.39, 0.29) is 6.10 Å². The Morgan fingerprint density at radius 3 is 2.36 bits per heavy atom. The van der Waals surface area contributed by atoms with Crippen molar-refractivity contribution in [2.45, 2.75) is 19.4 Å². The summed E-state index contributed by atoms with van der Waals surface area (Å²) in [6.07, 6.45) is 0.286. The van der Waals surface area contributed by atoms with E-state index >= 15 is 0 Å². The van der Waals surface area contributed by atoms with Gasteiger partial charge in [-0.1, -0.05) is 6.07 Å². The summed E-state index contributed by atoms with van der Waals surface area (Å²) in [7, 11) is 3.20. The van der Waals surface area contributed by atoms with Crippen LogP contribution in [0.15, 0.2) is 18.2 Å². The number of ether oxygens (including phenoxy) is 2. The molecule has 0 aromatic heterocycles. The molecule has 1 aromatic rings. The molecule has 0 saturated carbocycles. The fourth-order valence-electron chi connectivity index (χ4n) is 1.35. The van der Waals surface area contributed by atoms with Crippen molar-refractivity contribution in [3.63, 3.8) is 0 Å². The van der Waals surface area contributed by atoms with Crippen LogP contribution in [0.4, 0.5) is 0 Å². The highest BCUT2D eigenvalue weighted by molar-refractivity contribution is 5.42. The zero-order chi connectivity index (χ0) is 10.6. The number of methoxy groups -OCH3 is 2. The molecule has 0 saturated heterocycles. The lowest BCUT2D eigenvalue weighted by Crippen LogP contribution is -2.04. The van der Waals surface area contributed by atoms with Crippen molar-refractivity contribution in [3.8, 4) is 11.5 Å². The van der Waals surface area contributed by atoms with E-state index in [1.54, 1.807) is 21.1 Å². The molecule has 3 nitrogen and oxygen atoms in total. The third kappa shape index (κ3) is 2.64. The van der Waals surface area contributed by atoms with Gasteiger partial charge in [-0.15, -0.1) is 0 Å². The highest BCUT2D eigenvalue weighted by Gasteiger charge is 2.05. The second-order valence-corrected chi connectivity index (χ2v) is 3.24. The van der Waals surface area contributed by atoms with Crippen molar-refractivity contribution in [1.82, 2.24) is 0 Å². The quantitative estimate of drug-likeness (QED) is 0.795. The van der Waals surface area contributed by atoms with Crippen LogP contribution in [-0.4, -0.2) is 25.4 Å². The van der Waals surface area contributed by atoms with E-state index in [9.17, 15) is 5.11 Å². The van der Waals surface area contributed by atoms with Gasteiger partial charge in [-0.3, -0.25) is 0 Å². The molecule has 1 N–H and O–H groups in total. The van der Waals surface area contributed by atoms with Crippen molar-refractivity contribution >= 4 is 0 Å². The van der Waals surface area contributed by atoms with Gasteiger partial charge in [0.25, 0.3) is 0 Å². The summed E-state index contributed by atoms with van der Waals surface area (Å²) in [6.45, 7) is 1.76. The molecule has 0 spiro atoms. The maximum Gasteiger partial charge on any atom is 0.160 e. The molecule has 0 fully saturated rings. The average Bonchev–Trinajstić information content (AvgIpc) is 2.16. The molecule has 0 aliphatic rings. The zero-order valence-electron chi connectivity index (χ0n) is 8.78. The zero-order valence-corrected chi connectivity index (χ0v) is 8.78. The summed E-state index contributed by atoms with van der Waals surface area (Å²) in [6, 6.07) is 5.65. The van der Waals surface area contributed by atoms with Gasteiger partial charge < -0.3 is 14.6 Å². The van der Waals surface area contributed by atoms with Gasteiger partial charge in [0.2, 0.25) is 0 Å². The molecule has 0 heterocycles. The van der Waals surface area contributed by atoms with Crippen LogP contribution < -0.4 is 9.47 Å². The minimum atomic E-state index is -0.340. The van der Waals surface area contributed by atoms with Gasteiger partial charge in [-0.05, 0) is 31.0 Å². The van der Waals surface area contributed by atoms with Crippen LogP contribution in [0.3, 0.4) is 0 Å². The number of rotatable bonds is 4. The van der Waals surface area contributed by atoms with E-state index in [0.717, 1.165) is 5.56 Å². The molecule has 0 bridgehead atoms. The number of hydrogen-bond donors (Lipinski definition) is 1. The van der Waals surface area contributed by atoms with Crippen LogP contribution in [0.2, 0.25) is 0 Å². The van der Waals surface area contributed by atoms with E-state index in [1.165, 1.54) is 0 Å². The lowest BCUT2D eigenvalue weighted by Gasteiger charge is -2.10. The van der Waals surface area contributed by atoms with Gasteiger partial charge in [0.15, 0.2) is 11.5 Å². The Morgan fingerprint density at radius 2 is 1.86 bits per heavy atom. The van der Waals surface area contributed by atoms with Crippen LogP contribution in [-0.2, 0) is 6.42 Å². The molecule has 3 heteroatoms. The first kappa shape index (κ1) is 10.9. The normalized spacial score (nSPS) is 12.3. The molecule has 78 valence electrons. The van der Waals surface area contributed by atoms with Gasteiger partial charge in [0, 0.05) is 0 Å². The summed E-state index contributed by atoms with van der Waals surface area (Å²) in [5.41, 5.74) is 1.04. The van der Waals surface area contributed by atoms with Gasteiger partial charge in [-0.2, -0.15) is 0 Å². The van der Waals surface area contributed by atoms with E-state index in [2.05, 4.69) is 0 Å². The molecule has 14 heavy (non-hydrogen) atoms. The van der Waals surface area contributed by atoms with Crippen LogP contribution in [0.1, 0.15) is 12.5 Å². The van der Waals surface area contributed by atoms with E-state index < -0.39 is 0 Å². The number of hydrogen-bond acceptors (Lipinski definition) is 3. The standard InChI is InChI=1S/C11H16O3/c1-8(12)6-9-4-5-10(13-2)11(7-9)14-3/h4-5,7-8,12H,6H2,1-3H3/t8-/m0/s1. The molecular formula is C11H16O3. The van der Waals surface area contributed by atoms with Crippen molar-refractivity contribution < 1.29 is 14.6 Å².